The Labute approximate surface area is 75.9 Å². The van der Waals surface area contributed by atoms with Crippen molar-refractivity contribution in [1.82, 2.24) is 0 Å². The van der Waals surface area contributed by atoms with Crippen LogP contribution in [0.4, 0.5) is 0 Å². The lowest BCUT2D eigenvalue weighted by molar-refractivity contribution is -0.129. The van der Waals surface area contributed by atoms with Gasteiger partial charge in [-0.1, -0.05) is 0 Å². The molecule has 64 valence electrons. The summed E-state index contributed by atoms with van der Waals surface area (Å²) in [6.45, 7) is 0. The van der Waals surface area contributed by atoms with Crippen LogP contribution in [-0.4, -0.2) is 16.9 Å². The second kappa shape index (κ2) is 6.62. The molecule has 0 aromatic heterocycles. The van der Waals surface area contributed by atoms with Gasteiger partial charge in [-0.15, -0.1) is 23.2 Å². The lowest BCUT2D eigenvalue weighted by Gasteiger charge is -2.04. The van der Waals surface area contributed by atoms with E-state index in [1.54, 1.807) is 0 Å². The fraction of sp³-hybridized carbons (Fsp3) is 0.714. The zero-order valence-electron chi connectivity index (χ0n) is 6.11. The summed E-state index contributed by atoms with van der Waals surface area (Å²) in [5, 5.41) is 0.194. The fourth-order valence-electron chi connectivity index (χ4n) is 0.879. The molecule has 0 aliphatic heterocycles. The minimum Gasteiger partial charge on any atom is -0.299 e. The second-order valence-corrected chi connectivity index (χ2v) is 3.02. The summed E-state index contributed by atoms with van der Waals surface area (Å²) < 4.78 is 0. The highest BCUT2D eigenvalue weighted by atomic mass is 35.5. The number of carbonyl (C=O) groups excluding carboxylic acids is 2. The van der Waals surface area contributed by atoms with Crippen molar-refractivity contribution in [3.63, 3.8) is 0 Å². The zero-order chi connectivity index (χ0) is 8.69. The van der Waals surface area contributed by atoms with Gasteiger partial charge in [-0.25, -0.2) is 0 Å². The van der Waals surface area contributed by atoms with E-state index in [1.807, 2.05) is 0 Å². The van der Waals surface area contributed by atoms with Crippen LogP contribution in [0.15, 0.2) is 0 Å². The first kappa shape index (κ1) is 10.9. The number of hydrogen-bond acceptors (Lipinski definition) is 2. The normalized spacial score (nSPS) is 17.3. The number of ketones is 2. The molecule has 1 saturated carbocycles. The van der Waals surface area contributed by atoms with Gasteiger partial charge < -0.3 is 0 Å². The Balaban J connectivity index is 0.000000292. The minimum atomic E-state index is 0.112. The van der Waals surface area contributed by atoms with Gasteiger partial charge in [0.05, 0.1) is 11.8 Å². The highest BCUT2D eigenvalue weighted by Gasteiger charge is 2.14. The van der Waals surface area contributed by atoms with Crippen LogP contribution in [0.1, 0.15) is 25.7 Å². The smallest absolute Gasteiger partial charge is 0.140 e. The molecular weight excluding hydrogens is 187 g/mol. The van der Waals surface area contributed by atoms with Gasteiger partial charge in [0.25, 0.3) is 0 Å². The van der Waals surface area contributed by atoms with Crippen molar-refractivity contribution in [3.8, 4) is 0 Å². The van der Waals surface area contributed by atoms with Crippen molar-refractivity contribution in [3.05, 3.63) is 0 Å². The third kappa shape index (κ3) is 6.32. The molecule has 0 amide bonds. The largest absolute Gasteiger partial charge is 0.299 e. The highest BCUT2D eigenvalue weighted by Crippen LogP contribution is 2.09. The average Bonchev–Trinajstić information content (AvgIpc) is 1.88. The van der Waals surface area contributed by atoms with E-state index in [-0.39, 0.29) is 23.3 Å². The Bertz CT molecular complexity index is 131. The molecule has 0 radical (unpaired) electrons. The van der Waals surface area contributed by atoms with Crippen molar-refractivity contribution in [2.75, 3.05) is 5.34 Å². The molecule has 0 unspecified atom stereocenters. The molecule has 2 nitrogen and oxygen atoms in total. The molecular formula is C7H10Cl2O2. The summed E-state index contributed by atoms with van der Waals surface area (Å²) >= 11 is 9.53. The zero-order valence-corrected chi connectivity index (χ0v) is 7.62. The maximum Gasteiger partial charge on any atom is 0.140 e. The van der Waals surface area contributed by atoms with Crippen molar-refractivity contribution in [1.29, 1.82) is 0 Å². The van der Waals surface area contributed by atoms with Crippen LogP contribution < -0.4 is 0 Å². The van der Waals surface area contributed by atoms with Gasteiger partial charge in [-0.05, 0) is 6.42 Å². The van der Waals surface area contributed by atoms with E-state index < -0.39 is 0 Å². The van der Waals surface area contributed by atoms with Crippen LogP contribution in [-0.2, 0) is 9.59 Å². The molecule has 11 heavy (non-hydrogen) atoms. The maximum absolute atomic E-state index is 10.5. The molecule has 0 bridgehead atoms. The van der Waals surface area contributed by atoms with Crippen LogP contribution in [0.3, 0.4) is 0 Å². The topological polar surface area (TPSA) is 34.1 Å². The highest BCUT2D eigenvalue weighted by molar-refractivity contribution is 6.40. The standard InChI is InChI=1S/C6H8O2.CH2Cl2/c7-5-2-1-3-6(8)4-5;2-1-3/h1-4H2;1H2. The van der Waals surface area contributed by atoms with E-state index in [2.05, 4.69) is 0 Å². The van der Waals surface area contributed by atoms with Gasteiger partial charge in [0.1, 0.15) is 11.6 Å². The fourth-order valence-corrected chi connectivity index (χ4v) is 0.879. The van der Waals surface area contributed by atoms with Gasteiger partial charge in [0.2, 0.25) is 0 Å². The lowest BCUT2D eigenvalue weighted by atomic mass is 9.98. The first-order valence-corrected chi connectivity index (χ1v) is 4.43. The van der Waals surface area contributed by atoms with Crippen LogP contribution in [0.25, 0.3) is 0 Å². The predicted molar refractivity (Wildman–Crippen MR) is 45.1 cm³/mol. The Hall–Kier alpha value is -0.0800. The summed E-state index contributed by atoms with van der Waals surface area (Å²) in [5.74, 6) is 0.225. The minimum absolute atomic E-state index is 0.112. The van der Waals surface area contributed by atoms with Crippen LogP contribution in [0.2, 0.25) is 0 Å². The monoisotopic (exact) mass is 196 g/mol. The van der Waals surface area contributed by atoms with Gasteiger partial charge in [-0.3, -0.25) is 9.59 Å². The third-order valence-corrected chi connectivity index (χ3v) is 1.31. The Morgan fingerprint density at radius 1 is 1.09 bits per heavy atom. The maximum atomic E-state index is 10.5. The summed E-state index contributed by atoms with van der Waals surface area (Å²) in [7, 11) is 0. The quantitative estimate of drug-likeness (QED) is 0.440. The summed E-state index contributed by atoms with van der Waals surface area (Å²) in [4.78, 5) is 20.9. The molecule has 0 atom stereocenters. The number of hydrogen-bond donors (Lipinski definition) is 0. The molecule has 0 saturated heterocycles. The van der Waals surface area contributed by atoms with Gasteiger partial charge >= 0.3 is 0 Å². The van der Waals surface area contributed by atoms with Crippen molar-refractivity contribution in [2.24, 2.45) is 0 Å². The van der Waals surface area contributed by atoms with E-state index in [0.29, 0.717) is 12.8 Å². The van der Waals surface area contributed by atoms with Crippen molar-refractivity contribution < 1.29 is 9.59 Å². The molecule has 0 spiro atoms. The van der Waals surface area contributed by atoms with E-state index in [1.165, 1.54) is 0 Å². The average molecular weight is 197 g/mol. The van der Waals surface area contributed by atoms with Crippen LogP contribution >= 0.6 is 23.2 Å². The SMILES string of the molecule is ClCCl.O=C1CCCC(=O)C1. The van der Waals surface area contributed by atoms with Crippen LogP contribution in [0.5, 0.6) is 0 Å². The van der Waals surface area contributed by atoms with E-state index in [0.717, 1.165) is 6.42 Å². The summed E-state index contributed by atoms with van der Waals surface area (Å²) in [6, 6.07) is 0. The summed E-state index contributed by atoms with van der Waals surface area (Å²) in [5.41, 5.74) is 0. The second-order valence-electron chi connectivity index (χ2n) is 2.21. The molecule has 1 aliphatic carbocycles. The Kier molecular flexibility index (Phi) is 6.57. The predicted octanol–water partition coefficient (Wildman–Crippen LogP) is 2.12. The van der Waals surface area contributed by atoms with Crippen molar-refractivity contribution in [2.45, 2.75) is 25.7 Å². The molecule has 0 N–H and O–H groups in total. The van der Waals surface area contributed by atoms with Gasteiger partial charge in [0.15, 0.2) is 0 Å². The molecule has 0 heterocycles. The van der Waals surface area contributed by atoms with Gasteiger partial charge in [-0.2, -0.15) is 0 Å². The third-order valence-electron chi connectivity index (χ3n) is 1.31. The summed E-state index contributed by atoms with van der Waals surface area (Å²) in [6.07, 6.45) is 2.20. The number of carbonyl (C=O) groups is 2. The number of Topliss-reactive ketones (excluding diaryl/α,β-unsaturated/α-hetero) is 2. The Morgan fingerprint density at radius 2 is 1.45 bits per heavy atom. The molecule has 1 fully saturated rings. The molecule has 0 aromatic carbocycles. The lowest BCUT2D eigenvalue weighted by Crippen LogP contribution is -2.13. The number of alkyl halides is 2. The molecule has 0 aromatic rings. The van der Waals surface area contributed by atoms with E-state index >= 15 is 0 Å². The van der Waals surface area contributed by atoms with Crippen LogP contribution in [0, 0.1) is 0 Å². The van der Waals surface area contributed by atoms with Crippen molar-refractivity contribution >= 4 is 34.8 Å². The first-order chi connectivity index (χ1) is 5.20. The first-order valence-electron chi connectivity index (χ1n) is 3.36. The van der Waals surface area contributed by atoms with Gasteiger partial charge in [0, 0.05) is 12.8 Å². The number of halogens is 2. The van der Waals surface area contributed by atoms with E-state index in [4.69, 9.17) is 23.2 Å². The molecule has 1 aliphatic rings. The molecule has 1 rings (SSSR count). The Morgan fingerprint density at radius 3 is 1.64 bits per heavy atom. The number of rotatable bonds is 0. The van der Waals surface area contributed by atoms with E-state index in [9.17, 15) is 9.59 Å². The molecule has 4 heteroatoms.